The lowest BCUT2D eigenvalue weighted by Crippen LogP contribution is -2.28. The zero-order valence-electron chi connectivity index (χ0n) is 11.3. The molecule has 1 aromatic heterocycles. The maximum absolute atomic E-state index is 13.9. The molecular weight excluding hydrogens is 231 g/mol. The number of halogens is 1. The second-order valence-corrected chi connectivity index (χ2v) is 4.83. The summed E-state index contributed by atoms with van der Waals surface area (Å²) in [6, 6.07) is 5.85. The van der Waals surface area contributed by atoms with Crippen LogP contribution in [0, 0.1) is 5.82 Å². The standard InChI is InChI=1S/C14H19FN2O/c1-10(16(2)3)8-17-9-13(15)12-7-11(18-4)5-6-14(12)17/h5-7,9-10H,8H2,1-4H3/t10-/m1/s1. The number of rotatable bonds is 4. The molecule has 0 fully saturated rings. The molecule has 0 bridgehead atoms. The fourth-order valence-corrected chi connectivity index (χ4v) is 1.96. The Labute approximate surface area is 107 Å². The summed E-state index contributed by atoms with van der Waals surface area (Å²) in [5.74, 6) is 0.481. The van der Waals surface area contributed by atoms with Gasteiger partial charge in [0, 0.05) is 24.2 Å². The van der Waals surface area contributed by atoms with Gasteiger partial charge in [0.15, 0.2) is 0 Å². The SMILES string of the molecule is COc1ccc2c(c1)c(F)cn2C[C@@H](C)N(C)C. The monoisotopic (exact) mass is 250 g/mol. The molecule has 0 aliphatic rings. The number of ether oxygens (including phenoxy) is 1. The predicted molar refractivity (Wildman–Crippen MR) is 71.6 cm³/mol. The van der Waals surface area contributed by atoms with Crippen molar-refractivity contribution in [2.45, 2.75) is 19.5 Å². The van der Waals surface area contributed by atoms with E-state index in [0.717, 1.165) is 12.1 Å². The molecule has 0 saturated carbocycles. The fraction of sp³-hybridized carbons (Fsp3) is 0.429. The van der Waals surface area contributed by atoms with Crippen LogP contribution in [0.1, 0.15) is 6.92 Å². The maximum Gasteiger partial charge on any atom is 0.148 e. The number of methoxy groups -OCH3 is 1. The van der Waals surface area contributed by atoms with Crippen LogP contribution in [0.2, 0.25) is 0 Å². The number of fused-ring (bicyclic) bond motifs is 1. The van der Waals surface area contributed by atoms with E-state index in [1.165, 1.54) is 0 Å². The van der Waals surface area contributed by atoms with Gasteiger partial charge < -0.3 is 14.2 Å². The molecule has 0 saturated heterocycles. The van der Waals surface area contributed by atoms with Gasteiger partial charge in [0.05, 0.1) is 12.6 Å². The van der Waals surface area contributed by atoms with Crippen molar-refractivity contribution in [3.63, 3.8) is 0 Å². The van der Waals surface area contributed by atoms with Crippen molar-refractivity contribution in [2.75, 3.05) is 21.2 Å². The molecule has 1 aromatic carbocycles. The highest BCUT2D eigenvalue weighted by atomic mass is 19.1. The summed E-state index contributed by atoms with van der Waals surface area (Å²) < 4.78 is 21.0. The summed E-state index contributed by atoms with van der Waals surface area (Å²) in [7, 11) is 5.63. The molecule has 0 radical (unpaired) electrons. The number of hydrogen-bond donors (Lipinski definition) is 0. The van der Waals surface area contributed by atoms with E-state index in [-0.39, 0.29) is 5.82 Å². The van der Waals surface area contributed by atoms with Crippen LogP contribution in [-0.2, 0) is 6.54 Å². The Bertz CT molecular complexity index is 548. The van der Waals surface area contributed by atoms with Gasteiger partial charge >= 0.3 is 0 Å². The quantitative estimate of drug-likeness (QED) is 0.830. The van der Waals surface area contributed by atoms with Crippen molar-refractivity contribution in [1.29, 1.82) is 0 Å². The molecule has 0 aliphatic carbocycles. The molecule has 3 nitrogen and oxygen atoms in total. The maximum atomic E-state index is 13.9. The lowest BCUT2D eigenvalue weighted by molar-refractivity contribution is 0.286. The Morgan fingerprint density at radius 1 is 1.39 bits per heavy atom. The van der Waals surface area contributed by atoms with Gasteiger partial charge in [0.1, 0.15) is 11.6 Å². The van der Waals surface area contributed by atoms with Crippen molar-refractivity contribution < 1.29 is 9.13 Å². The molecule has 98 valence electrons. The molecule has 2 aromatic rings. The lowest BCUT2D eigenvalue weighted by atomic mass is 10.2. The predicted octanol–water partition coefficient (Wildman–Crippen LogP) is 2.74. The minimum Gasteiger partial charge on any atom is -0.497 e. The van der Waals surface area contributed by atoms with Crippen LogP contribution in [0.5, 0.6) is 5.75 Å². The molecule has 1 atom stereocenters. The van der Waals surface area contributed by atoms with Crippen LogP contribution in [0.3, 0.4) is 0 Å². The van der Waals surface area contributed by atoms with Gasteiger partial charge in [0.2, 0.25) is 0 Å². The Morgan fingerprint density at radius 3 is 2.72 bits per heavy atom. The van der Waals surface area contributed by atoms with E-state index in [1.807, 2.05) is 30.8 Å². The Morgan fingerprint density at radius 2 is 2.11 bits per heavy atom. The first kappa shape index (κ1) is 12.9. The van der Waals surface area contributed by atoms with Crippen molar-refractivity contribution in [1.82, 2.24) is 9.47 Å². The molecule has 0 amide bonds. The minimum absolute atomic E-state index is 0.199. The third kappa shape index (κ3) is 2.34. The van der Waals surface area contributed by atoms with Crippen molar-refractivity contribution >= 4 is 10.9 Å². The number of aromatic nitrogens is 1. The second kappa shape index (κ2) is 4.98. The van der Waals surface area contributed by atoms with Crippen LogP contribution < -0.4 is 4.74 Å². The van der Waals surface area contributed by atoms with E-state index in [9.17, 15) is 4.39 Å². The summed E-state index contributed by atoms with van der Waals surface area (Å²) in [5, 5.41) is 0.611. The van der Waals surface area contributed by atoms with E-state index in [0.29, 0.717) is 17.2 Å². The summed E-state index contributed by atoms with van der Waals surface area (Å²) in [6.07, 6.45) is 1.56. The van der Waals surface area contributed by atoms with E-state index in [1.54, 1.807) is 19.4 Å². The van der Waals surface area contributed by atoms with E-state index in [2.05, 4.69) is 11.8 Å². The van der Waals surface area contributed by atoms with Gasteiger partial charge in [-0.15, -0.1) is 0 Å². The van der Waals surface area contributed by atoms with Crippen molar-refractivity contribution in [3.8, 4) is 5.75 Å². The number of nitrogens with zero attached hydrogens (tertiary/aromatic N) is 2. The smallest absolute Gasteiger partial charge is 0.148 e. The molecule has 0 unspecified atom stereocenters. The summed E-state index contributed by atoms with van der Waals surface area (Å²) in [6.45, 7) is 2.88. The van der Waals surface area contributed by atoms with Gasteiger partial charge in [-0.05, 0) is 39.2 Å². The molecule has 1 heterocycles. The fourth-order valence-electron chi connectivity index (χ4n) is 1.96. The van der Waals surface area contributed by atoms with Gasteiger partial charge in [-0.3, -0.25) is 0 Å². The summed E-state index contributed by atoms with van der Waals surface area (Å²) in [4.78, 5) is 2.12. The average molecular weight is 250 g/mol. The lowest BCUT2D eigenvalue weighted by Gasteiger charge is -2.20. The Hall–Kier alpha value is -1.55. The highest BCUT2D eigenvalue weighted by molar-refractivity contribution is 5.82. The van der Waals surface area contributed by atoms with Gasteiger partial charge in [0.25, 0.3) is 0 Å². The summed E-state index contributed by atoms with van der Waals surface area (Å²) >= 11 is 0. The first-order valence-electron chi connectivity index (χ1n) is 6.01. The molecule has 18 heavy (non-hydrogen) atoms. The van der Waals surface area contributed by atoms with Crippen LogP contribution in [-0.4, -0.2) is 36.7 Å². The number of hydrogen-bond acceptors (Lipinski definition) is 2. The third-order valence-corrected chi connectivity index (χ3v) is 3.38. The zero-order chi connectivity index (χ0) is 13.3. The topological polar surface area (TPSA) is 17.4 Å². The highest BCUT2D eigenvalue weighted by Crippen LogP contribution is 2.25. The molecule has 2 rings (SSSR count). The van der Waals surface area contributed by atoms with Gasteiger partial charge in [-0.25, -0.2) is 4.39 Å². The van der Waals surface area contributed by atoms with Crippen LogP contribution in [0.15, 0.2) is 24.4 Å². The summed E-state index contributed by atoms with van der Waals surface area (Å²) in [5.41, 5.74) is 0.905. The molecule has 4 heteroatoms. The number of likely N-dealkylation sites (N-methyl/N-ethyl adjacent to an activating group) is 1. The zero-order valence-corrected chi connectivity index (χ0v) is 11.3. The van der Waals surface area contributed by atoms with E-state index in [4.69, 9.17) is 4.74 Å². The number of benzene rings is 1. The highest BCUT2D eigenvalue weighted by Gasteiger charge is 2.12. The van der Waals surface area contributed by atoms with E-state index >= 15 is 0 Å². The van der Waals surface area contributed by atoms with E-state index < -0.39 is 0 Å². The third-order valence-electron chi connectivity index (χ3n) is 3.38. The molecular formula is C14H19FN2O. The van der Waals surface area contributed by atoms with Crippen LogP contribution in [0.25, 0.3) is 10.9 Å². The van der Waals surface area contributed by atoms with Gasteiger partial charge in [-0.1, -0.05) is 0 Å². The molecule has 0 N–H and O–H groups in total. The average Bonchev–Trinajstić information content (AvgIpc) is 2.65. The largest absolute Gasteiger partial charge is 0.497 e. The van der Waals surface area contributed by atoms with Crippen LogP contribution >= 0.6 is 0 Å². The minimum atomic E-state index is -0.199. The molecule has 0 spiro atoms. The van der Waals surface area contributed by atoms with Crippen LogP contribution in [0.4, 0.5) is 4.39 Å². The Kier molecular flexibility index (Phi) is 3.57. The van der Waals surface area contributed by atoms with Crippen molar-refractivity contribution in [2.24, 2.45) is 0 Å². The van der Waals surface area contributed by atoms with Crippen molar-refractivity contribution in [3.05, 3.63) is 30.2 Å². The second-order valence-electron chi connectivity index (χ2n) is 4.83. The first-order chi connectivity index (χ1) is 8.52. The molecule has 0 aliphatic heterocycles. The first-order valence-corrected chi connectivity index (χ1v) is 6.01. The normalized spacial score (nSPS) is 13.2. The Balaban J connectivity index is 2.41. The van der Waals surface area contributed by atoms with Gasteiger partial charge in [-0.2, -0.15) is 0 Å².